The van der Waals surface area contributed by atoms with E-state index in [1.807, 2.05) is 6.92 Å². The van der Waals surface area contributed by atoms with Gasteiger partial charge in [-0.3, -0.25) is 0 Å². The molecule has 0 aromatic carbocycles. The summed E-state index contributed by atoms with van der Waals surface area (Å²) in [7, 11) is 0. The highest BCUT2D eigenvalue weighted by molar-refractivity contribution is 8.06. The first-order valence-corrected chi connectivity index (χ1v) is 5.82. The number of hydrogen-bond donors (Lipinski definition) is 2. The molecule has 0 saturated heterocycles. The van der Waals surface area contributed by atoms with Crippen molar-refractivity contribution in [3.05, 3.63) is 0 Å². The quantitative estimate of drug-likeness (QED) is 0.648. The van der Waals surface area contributed by atoms with Crippen molar-refractivity contribution in [1.29, 1.82) is 0 Å². The van der Waals surface area contributed by atoms with Gasteiger partial charge in [-0.15, -0.1) is 0 Å². The van der Waals surface area contributed by atoms with Crippen molar-refractivity contribution in [3.8, 4) is 0 Å². The summed E-state index contributed by atoms with van der Waals surface area (Å²) in [6.45, 7) is 0.355. The smallest absolute Gasteiger partial charge is 0.322 e. The first-order valence-electron chi connectivity index (χ1n) is 3.19. The molecule has 0 saturated carbocycles. The molecule has 0 bridgehead atoms. The highest BCUT2D eigenvalue weighted by Gasteiger charge is 2.12. The normalized spacial score (nSPS) is 15.2. The summed E-state index contributed by atoms with van der Waals surface area (Å²) in [5.74, 6) is 0. The summed E-state index contributed by atoms with van der Waals surface area (Å²) in [5.41, 5.74) is 0. The van der Waals surface area contributed by atoms with Gasteiger partial charge in [-0.25, -0.2) is 0 Å². The van der Waals surface area contributed by atoms with E-state index >= 15 is 0 Å². The van der Waals surface area contributed by atoms with Crippen molar-refractivity contribution in [2.75, 3.05) is 0 Å². The van der Waals surface area contributed by atoms with Crippen LogP contribution in [0.4, 0.5) is 0 Å². The molecule has 5 heteroatoms. The Morgan fingerprint density at radius 2 is 2.10 bits per heavy atom. The predicted molar refractivity (Wildman–Crippen MR) is 44.2 cm³/mol. The average Bonchev–Trinajstić information content (AvgIpc) is 1.59. The lowest BCUT2D eigenvalue weighted by Gasteiger charge is -2.14. The number of rotatable bonds is 4. The van der Waals surface area contributed by atoms with Crippen LogP contribution in [0.2, 0.25) is 0 Å². The zero-order valence-electron chi connectivity index (χ0n) is 6.15. The van der Waals surface area contributed by atoms with Gasteiger partial charge >= 0.3 is 6.72 Å². The topological polar surface area (TPSA) is 49.7 Å². The first kappa shape index (κ1) is 10.5. The van der Waals surface area contributed by atoms with E-state index in [0.717, 1.165) is 12.8 Å². The van der Waals surface area contributed by atoms with Crippen LogP contribution < -0.4 is 0 Å². The summed E-state index contributed by atoms with van der Waals surface area (Å²) in [4.78, 5) is 17.3. The maximum atomic E-state index is 8.67. The molecule has 0 aliphatic rings. The molecule has 62 valence electrons. The van der Waals surface area contributed by atoms with Gasteiger partial charge in [0.1, 0.15) is 0 Å². The van der Waals surface area contributed by atoms with E-state index in [9.17, 15) is 0 Å². The van der Waals surface area contributed by atoms with Crippen LogP contribution in [0.1, 0.15) is 26.7 Å². The molecular weight excluding hydrogens is 171 g/mol. The lowest BCUT2D eigenvalue weighted by molar-refractivity contribution is 0.174. The van der Waals surface area contributed by atoms with Crippen molar-refractivity contribution >= 4 is 18.5 Å². The Kier molecular flexibility index (Phi) is 4.65. The molecule has 0 fully saturated rings. The predicted octanol–water partition coefficient (Wildman–Crippen LogP) is 1.40. The minimum atomic E-state index is -3.42. The second kappa shape index (κ2) is 4.42. The third kappa shape index (κ3) is 6.65. The summed E-state index contributed by atoms with van der Waals surface area (Å²) in [6, 6.07) is 0. The van der Waals surface area contributed by atoms with Crippen LogP contribution in [-0.2, 0) is 16.3 Å². The summed E-state index contributed by atoms with van der Waals surface area (Å²) in [6.07, 6.45) is 1.61. The SMILES string of the molecule is CCCC(C)OP(O)(O)=S. The molecular formula is C5H13O3PS. The van der Waals surface area contributed by atoms with Crippen LogP contribution in [-0.4, -0.2) is 15.9 Å². The molecule has 0 aromatic rings. The van der Waals surface area contributed by atoms with E-state index in [2.05, 4.69) is 11.8 Å². The highest BCUT2D eigenvalue weighted by atomic mass is 32.5. The third-order valence-corrected chi connectivity index (χ3v) is 1.91. The minimum Gasteiger partial charge on any atom is -0.325 e. The van der Waals surface area contributed by atoms with E-state index in [1.165, 1.54) is 0 Å². The van der Waals surface area contributed by atoms with Gasteiger partial charge in [0.2, 0.25) is 0 Å². The Morgan fingerprint density at radius 1 is 1.60 bits per heavy atom. The molecule has 0 rings (SSSR count). The summed E-state index contributed by atoms with van der Waals surface area (Å²) in [5, 5.41) is 0. The van der Waals surface area contributed by atoms with Gasteiger partial charge < -0.3 is 14.3 Å². The maximum absolute atomic E-state index is 8.67. The van der Waals surface area contributed by atoms with E-state index < -0.39 is 6.72 Å². The second-order valence-electron chi connectivity index (χ2n) is 2.20. The molecule has 1 unspecified atom stereocenters. The van der Waals surface area contributed by atoms with E-state index in [4.69, 9.17) is 14.3 Å². The van der Waals surface area contributed by atoms with Crippen molar-refractivity contribution < 1.29 is 14.3 Å². The number of hydrogen-bond acceptors (Lipinski definition) is 2. The molecule has 1 atom stereocenters. The van der Waals surface area contributed by atoms with Crippen LogP contribution in [0, 0.1) is 0 Å². The third-order valence-electron chi connectivity index (χ3n) is 1.01. The minimum absolute atomic E-state index is 0.147. The van der Waals surface area contributed by atoms with Gasteiger partial charge in [-0.1, -0.05) is 13.3 Å². The standard InChI is InChI=1S/C5H13O3PS/c1-3-4-5(2)8-9(6,7)10/h5H,3-4H2,1-2H3,(H2,6,7,10). The van der Waals surface area contributed by atoms with E-state index in [-0.39, 0.29) is 6.10 Å². The molecule has 10 heavy (non-hydrogen) atoms. The molecule has 0 aliphatic heterocycles. The lowest BCUT2D eigenvalue weighted by atomic mass is 10.2. The zero-order chi connectivity index (χ0) is 8.20. The Hall–Kier alpha value is 0.530. The van der Waals surface area contributed by atoms with Gasteiger partial charge in [-0.05, 0) is 25.2 Å². The largest absolute Gasteiger partial charge is 0.325 e. The average molecular weight is 184 g/mol. The molecule has 0 heterocycles. The van der Waals surface area contributed by atoms with Crippen LogP contribution >= 0.6 is 6.72 Å². The molecule has 2 N–H and O–H groups in total. The van der Waals surface area contributed by atoms with Gasteiger partial charge in [0.05, 0.1) is 6.10 Å². The monoisotopic (exact) mass is 184 g/mol. The van der Waals surface area contributed by atoms with Crippen molar-refractivity contribution in [1.82, 2.24) is 0 Å². The van der Waals surface area contributed by atoms with E-state index in [1.54, 1.807) is 6.92 Å². The maximum Gasteiger partial charge on any atom is 0.322 e. The van der Waals surface area contributed by atoms with Crippen LogP contribution in [0.25, 0.3) is 0 Å². The molecule has 0 radical (unpaired) electrons. The molecule has 0 amide bonds. The van der Waals surface area contributed by atoms with Crippen molar-refractivity contribution in [2.24, 2.45) is 0 Å². The Balaban J connectivity index is 3.58. The second-order valence-corrected chi connectivity index (χ2v) is 4.81. The van der Waals surface area contributed by atoms with Gasteiger partial charge in [0.15, 0.2) is 0 Å². The Bertz CT molecular complexity index is 133. The van der Waals surface area contributed by atoms with Crippen LogP contribution in [0.3, 0.4) is 0 Å². The lowest BCUT2D eigenvalue weighted by Crippen LogP contribution is -2.04. The fraction of sp³-hybridized carbons (Fsp3) is 1.00. The Morgan fingerprint density at radius 3 is 2.40 bits per heavy atom. The van der Waals surface area contributed by atoms with Crippen LogP contribution in [0.15, 0.2) is 0 Å². The van der Waals surface area contributed by atoms with Gasteiger partial charge in [-0.2, -0.15) is 0 Å². The van der Waals surface area contributed by atoms with Gasteiger partial charge in [0, 0.05) is 0 Å². The molecule has 0 spiro atoms. The fourth-order valence-corrected chi connectivity index (χ4v) is 1.71. The van der Waals surface area contributed by atoms with Crippen molar-refractivity contribution in [3.63, 3.8) is 0 Å². The fourth-order valence-electron chi connectivity index (χ4n) is 0.694. The highest BCUT2D eigenvalue weighted by Crippen LogP contribution is 2.38. The Labute approximate surface area is 66.3 Å². The van der Waals surface area contributed by atoms with Crippen LogP contribution in [0.5, 0.6) is 0 Å². The zero-order valence-corrected chi connectivity index (χ0v) is 7.86. The van der Waals surface area contributed by atoms with Gasteiger partial charge in [0.25, 0.3) is 0 Å². The molecule has 0 aromatic heterocycles. The summed E-state index contributed by atoms with van der Waals surface area (Å²) >= 11 is 4.28. The first-order chi connectivity index (χ1) is 4.45. The molecule has 0 aliphatic carbocycles. The van der Waals surface area contributed by atoms with E-state index in [0.29, 0.717) is 0 Å². The summed E-state index contributed by atoms with van der Waals surface area (Å²) < 4.78 is 4.72. The molecule has 3 nitrogen and oxygen atoms in total. The van der Waals surface area contributed by atoms with Crippen molar-refractivity contribution in [2.45, 2.75) is 32.8 Å².